The van der Waals surface area contributed by atoms with Crippen molar-refractivity contribution in [2.45, 2.75) is 19.9 Å². The number of carbonyl (C=O) groups is 1. The van der Waals surface area contributed by atoms with Crippen LogP contribution in [0.5, 0.6) is 11.6 Å². The first-order chi connectivity index (χ1) is 12.2. The van der Waals surface area contributed by atoms with Crippen LogP contribution in [-0.4, -0.2) is 10.9 Å². The Morgan fingerprint density at radius 2 is 1.84 bits per heavy atom. The zero-order valence-corrected chi connectivity index (χ0v) is 14.1. The van der Waals surface area contributed by atoms with E-state index in [1.54, 1.807) is 12.3 Å². The number of benzene rings is 2. The van der Waals surface area contributed by atoms with Crippen LogP contribution in [-0.2, 0) is 17.8 Å². The summed E-state index contributed by atoms with van der Waals surface area (Å²) in [5.74, 6) is 1.24. The zero-order valence-electron chi connectivity index (χ0n) is 14.1. The van der Waals surface area contributed by atoms with Gasteiger partial charge in [0.05, 0.1) is 6.42 Å². The number of hydrogen-bond donors (Lipinski definition) is 1. The predicted octanol–water partition coefficient (Wildman–Crippen LogP) is 4.04. The van der Waals surface area contributed by atoms with Gasteiger partial charge in [0, 0.05) is 18.8 Å². The van der Waals surface area contributed by atoms with Crippen molar-refractivity contribution in [1.82, 2.24) is 10.3 Å². The molecule has 3 aromatic rings. The van der Waals surface area contributed by atoms with E-state index < -0.39 is 0 Å². The van der Waals surface area contributed by atoms with Crippen molar-refractivity contribution in [2.24, 2.45) is 0 Å². The molecule has 1 heterocycles. The summed E-state index contributed by atoms with van der Waals surface area (Å²) in [6, 6.07) is 21.1. The molecule has 1 amide bonds. The van der Waals surface area contributed by atoms with Crippen LogP contribution in [0.15, 0.2) is 72.9 Å². The van der Waals surface area contributed by atoms with Crippen LogP contribution in [0, 0.1) is 6.92 Å². The minimum atomic E-state index is 0.00153. The molecule has 0 saturated carbocycles. The molecule has 4 nitrogen and oxygen atoms in total. The second-order valence-corrected chi connectivity index (χ2v) is 5.86. The van der Waals surface area contributed by atoms with E-state index >= 15 is 0 Å². The number of nitrogens with one attached hydrogen (secondary N) is 1. The molecule has 0 radical (unpaired) electrons. The Kier molecular flexibility index (Phi) is 5.42. The molecule has 3 rings (SSSR count). The second-order valence-electron chi connectivity index (χ2n) is 5.86. The van der Waals surface area contributed by atoms with Crippen LogP contribution in [0.25, 0.3) is 0 Å². The summed E-state index contributed by atoms with van der Waals surface area (Å²) in [5, 5.41) is 2.95. The first-order valence-corrected chi connectivity index (χ1v) is 8.19. The van der Waals surface area contributed by atoms with E-state index in [9.17, 15) is 4.79 Å². The molecule has 1 N–H and O–H groups in total. The average Bonchev–Trinajstić information content (AvgIpc) is 2.61. The van der Waals surface area contributed by atoms with Gasteiger partial charge in [-0.05, 0) is 36.2 Å². The first-order valence-electron chi connectivity index (χ1n) is 8.19. The van der Waals surface area contributed by atoms with Crippen molar-refractivity contribution in [2.75, 3.05) is 0 Å². The molecule has 0 aliphatic carbocycles. The number of aromatic nitrogens is 1. The maximum absolute atomic E-state index is 12.1. The molecule has 0 aliphatic rings. The largest absolute Gasteiger partial charge is 0.439 e. The third-order valence-electron chi connectivity index (χ3n) is 3.70. The first kappa shape index (κ1) is 16.7. The monoisotopic (exact) mass is 332 g/mol. The van der Waals surface area contributed by atoms with E-state index in [2.05, 4.69) is 10.3 Å². The van der Waals surface area contributed by atoms with E-state index in [4.69, 9.17) is 4.74 Å². The van der Waals surface area contributed by atoms with Gasteiger partial charge in [-0.25, -0.2) is 4.98 Å². The van der Waals surface area contributed by atoms with Crippen molar-refractivity contribution >= 4 is 5.91 Å². The van der Waals surface area contributed by atoms with E-state index in [1.165, 1.54) is 0 Å². The lowest BCUT2D eigenvalue weighted by atomic mass is 10.1. The van der Waals surface area contributed by atoms with Crippen LogP contribution in [0.4, 0.5) is 0 Å². The lowest BCUT2D eigenvalue weighted by Crippen LogP contribution is -2.24. The summed E-state index contributed by atoms with van der Waals surface area (Å²) in [4.78, 5) is 16.3. The van der Waals surface area contributed by atoms with Crippen molar-refractivity contribution in [3.05, 3.63) is 89.6 Å². The van der Waals surface area contributed by atoms with Crippen LogP contribution in [0.2, 0.25) is 0 Å². The number of pyridine rings is 1. The van der Waals surface area contributed by atoms with Gasteiger partial charge in [0.2, 0.25) is 11.8 Å². The molecule has 0 saturated heterocycles. The van der Waals surface area contributed by atoms with E-state index in [1.807, 2.05) is 67.6 Å². The highest BCUT2D eigenvalue weighted by atomic mass is 16.5. The normalized spacial score (nSPS) is 10.3. The summed E-state index contributed by atoms with van der Waals surface area (Å²) in [7, 11) is 0. The number of ether oxygens (including phenoxy) is 1. The van der Waals surface area contributed by atoms with Gasteiger partial charge >= 0.3 is 0 Å². The van der Waals surface area contributed by atoms with Crippen molar-refractivity contribution in [3.63, 3.8) is 0 Å². The Morgan fingerprint density at radius 3 is 2.64 bits per heavy atom. The Bertz CT molecular complexity index is 847. The van der Waals surface area contributed by atoms with Crippen LogP contribution < -0.4 is 10.1 Å². The van der Waals surface area contributed by atoms with E-state index in [-0.39, 0.29) is 5.91 Å². The maximum Gasteiger partial charge on any atom is 0.224 e. The van der Waals surface area contributed by atoms with Gasteiger partial charge in [-0.1, -0.05) is 48.0 Å². The fourth-order valence-corrected chi connectivity index (χ4v) is 2.52. The van der Waals surface area contributed by atoms with Crippen molar-refractivity contribution < 1.29 is 9.53 Å². The summed E-state index contributed by atoms with van der Waals surface area (Å²) in [6.07, 6.45) is 2.07. The summed E-state index contributed by atoms with van der Waals surface area (Å²) >= 11 is 0. The fraction of sp³-hybridized carbons (Fsp3) is 0.143. The molecule has 126 valence electrons. The summed E-state index contributed by atoms with van der Waals surface area (Å²) < 4.78 is 5.71. The fourth-order valence-electron chi connectivity index (χ4n) is 2.52. The summed E-state index contributed by atoms with van der Waals surface area (Å²) in [6.45, 7) is 2.48. The van der Waals surface area contributed by atoms with Crippen LogP contribution in [0.1, 0.15) is 16.7 Å². The topological polar surface area (TPSA) is 51.2 Å². The molecule has 0 bridgehead atoms. The highest BCUT2D eigenvalue weighted by Gasteiger charge is 2.05. The van der Waals surface area contributed by atoms with Gasteiger partial charge in [0.1, 0.15) is 5.75 Å². The van der Waals surface area contributed by atoms with Gasteiger partial charge in [-0.2, -0.15) is 0 Å². The van der Waals surface area contributed by atoms with E-state index in [0.29, 0.717) is 24.6 Å². The SMILES string of the molecule is Cc1cccc(CC(=O)NCc2cccc(Oc3ccccn3)c2)c1. The number of nitrogens with zero attached hydrogens (tertiary/aromatic N) is 1. The molecule has 1 aromatic heterocycles. The van der Waals surface area contributed by atoms with Gasteiger partial charge in [-0.15, -0.1) is 0 Å². The molecule has 25 heavy (non-hydrogen) atoms. The third kappa shape index (κ3) is 5.18. The van der Waals surface area contributed by atoms with E-state index in [0.717, 1.165) is 16.7 Å². The number of carbonyl (C=O) groups excluding carboxylic acids is 1. The molecular formula is C21H20N2O2. The van der Waals surface area contributed by atoms with Crippen molar-refractivity contribution in [3.8, 4) is 11.6 Å². The minimum absolute atomic E-state index is 0.00153. The number of aryl methyl sites for hydroxylation is 1. The molecule has 0 unspecified atom stereocenters. The smallest absolute Gasteiger partial charge is 0.224 e. The molecule has 0 fully saturated rings. The molecule has 0 atom stereocenters. The van der Waals surface area contributed by atoms with Gasteiger partial charge in [0.15, 0.2) is 0 Å². The molecular weight excluding hydrogens is 312 g/mol. The highest BCUT2D eigenvalue weighted by molar-refractivity contribution is 5.78. The maximum atomic E-state index is 12.1. The van der Waals surface area contributed by atoms with Crippen LogP contribution >= 0.6 is 0 Å². The van der Waals surface area contributed by atoms with Gasteiger partial charge in [-0.3, -0.25) is 4.79 Å². The van der Waals surface area contributed by atoms with Gasteiger partial charge in [0.25, 0.3) is 0 Å². The lowest BCUT2D eigenvalue weighted by molar-refractivity contribution is -0.120. The molecule has 0 spiro atoms. The Balaban J connectivity index is 1.56. The standard InChI is InChI=1S/C21H20N2O2/c1-16-6-4-7-17(12-16)14-20(24)23-15-18-8-5-9-19(13-18)25-21-10-2-3-11-22-21/h2-13H,14-15H2,1H3,(H,23,24). The van der Waals surface area contributed by atoms with Gasteiger partial charge < -0.3 is 10.1 Å². The average molecular weight is 332 g/mol. The Morgan fingerprint density at radius 1 is 1.00 bits per heavy atom. The Labute approximate surface area is 147 Å². The molecule has 2 aromatic carbocycles. The molecule has 0 aliphatic heterocycles. The number of hydrogen-bond acceptors (Lipinski definition) is 3. The van der Waals surface area contributed by atoms with Crippen LogP contribution in [0.3, 0.4) is 0 Å². The molecule has 4 heteroatoms. The minimum Gasteiger partial charge on any atom is -0.439 e. The second kappa shape index (κ2) is 8.11. The quantitative estimate of drug-likeness (QED) is 0.741. The number of amides is 1. The Hall–Kier alpha value is -3.14. The highest BCUT2D eigenvalue weighted by Crippen LogP contribution is 2.19. The third-order valence-corrected chi connectivity index (χ3v) is 3.70. The predicted molar refractivity (Wildman–Crippen MR) is 97.5 cm³/mol. The number of rotatable bonds is 6. The van der Waals surface area contributed by atoms with Crippen molar-refractivity contribution in [1.29, 1.82) is 0 Å². The summed E-state index contributed by atoms with van der Waals surface area (Å²) in [5.41, 5.74) is 3.15. The zero-order chi connectivity index (χ0) is 17.5. The lowest BCUT2D eigenvalue weighted by Gasteiger charge is -2.08.